The molecular weight excluding hydrogens is 202 g/mol. The van der Waals surface area contributed by atoms with Gasteiger partial charge in [0.05, 0.1) is 5.69 Å². The van der Waals surface area contributed by atoms with Crippen LogP contribution in [0.25, 0.3) is 0 Å². The normalized spacial score (nSPS) is 25.6. The SMILES string of the molecule is OCC1CCCCC1NCc1ccncn1. The van der Waals surface area contributed by atoms with Crippen LogP contribution in [0.1, 0.15) is 31.4 Å². The van der Waals surface area contributed by atoms with E-state index in [0.717, 1.165) is 25.1 Å². The number of aliphatic hydroxyl groups excluding tert-OH is 1. The number of aliphatic hydroxyl groups is 1. The molecule has 1 aliphatic carbocycles. The number of hydrogen-bond donors (Lipinski definition) is 2. The Morgan fingerprint density at radius 3 is 3.00 bits per heavy atom. The second-order valence-electron chi connectivity index (χ2n) is 4.42. The quantitative estimate of drug-likeness (QED) is 0.800. The molecule has 0 aliphatic heterocycles. The van der Waals surface area contributed by atoms with Gasteiger partial charge in [0.1, 0.15) is 6.33 Å². The van der Waals surface area contributed by atoms with Gasteiger partial charge in [-0.05, 0) is 24.8 Å². The van der Waals surface area contributed by atoms with E-state index in [1.54, 1.807) is 12.5 Å². The zero-order valence-corrected chi connectivity index (χ0v) is 9.47. The zero-order chi connectivity index (χ0) is 11.2. The van der Waals surface area contributed by atoms with E-state index in [1.165, 1.54) is 12.8 Å². The van der Waals surface area contributed by atoms with Crippen LogP contribution in [0.15, 0.2) is 18.6 Å². The summed E-state index contributed by atoms with van der Waals surface area (Å²) in [5.74, 6) is 0.413. The highest BCUT2D eigenvalue weighted by atomic mass is 16.3. The summed E-state index contributed by atoms with van der Waals surface area (Å²) in [7, 11) is 0. The highest BCUT2D eigenvalue weighted by molar-refractivity contribution is 4.97. The average molecular weight is 221 g/mol. The summed E-state index contributed by atoms with van der Waals surface area (Å²) in [5.41, 5.74) is 1.01. The van der Waals surface area contributed by atoms with Crippen molar-refractivity contribution >= 4 is 0 Å². The summed E-state index contributed by atoms with van der Waals surface area (Å²) in [6.45, 7) is 1.06. The van der Waals surface area contributed by atoms with Crippen LogP contribution >= 0.6 is 0 Å². The van der Waals surface area contributed by atoms with Gasteiger partial charge in [-0.1, -0.05) is 12.8 Å². The van der Waals surface area contributed by atoms with Gasteiger partial charge in [0.15, 0.2) is 0 Å². The molecule has 1 aromatic rings. The van der Waals surface area contributed by atoms with Crippen molar-refractivity contribution in [2.45, 2.75) is 38.3 Å². The second kappa shape index (κ2) is 5.92. The van der Waals surface area contributed by atoms with Crippen molar-refractivity contribution in [1.29, 1.82) is 0 Å². The Morgan fingerprint density at radius 1 is 1.38 bits per heavy atom. The smallest absolute Gasteiger partial charge is 0.115 e. The molecule has 0 bridgehead atoms. The number of aromatic nitrogens is 2. The van der Waals surface area contributed by atoms with E-state index in [2.05, 4.69) is 15.3 Å². The molecule has 16 heavy (non-hydrogen) atoms. The van der Waals surface area contributed by atoms with Crippen LogP contribution in [0.5, 0.6) is 0 Å². The van der Waals surface area contributed by atoms with Crippen molar-refractivity contribution in [3.8, 4) is 0 Å². The van der Waals surface area contributed by atoms with Crippen LogP contribution in [-0.2, 0) is 6.54 Å². The third-order valence-electron chi connectivity index (χ3n) is 3.33. The van der Waals surface area contributed by atoms with Crippen molar-refractivity contribution in [3.63, 3.8) is 0 Å². The first-order valence-corrected chi connectivity index (χ1v) is 5.99. The largest absolute Gasteiger partial charge is 0.396 e. The van der Waals surface area contributed by atoms with Crippen molar-refractivity contribution in [1.82, 2.24) is 15.3 Å². The fourth-order valence-corrected chi connectivity index (χ4v) is 2.35. The molecule has 2 unspecified atom stereocenters. The molecule has 1 fully saturated rings. The van der Waals surface area contributed by atoms with E-state index >= 15 is 0 Å². The first-order chi connectivity index (χ1) is 7.90. The lowest BCUT2D eigenvalue weighted by atomic mass is 9.85. The molecule has 2 N–H and O–H groups in total. The van der Waals surface area contributed by atoms with Crippen LogP contribution < -0.4 is 5.32 Å². The van der Waals surface area contributed by atoms with Gasteiger partial charge in [-0.15, -0.1) is 0 Å². The molecule has 1 saturated carbocycles. The van der Waals surface area contributed by atoms with Crippen molar-refractivity contribution in [2.75, 3.05) is 6.61 Å². The lowest BCUT2D eigenvalue weighted by molar-refractivity contribution is 0.152. The van der Waals surface area contributed by atoms with Gasteiger partial charge in [0.2, 0.25) is 0 Å². The van der Waals surface area contributed by atoms with E-state index in [1.807, 2.05) is 6.07 Å². The molecule has 4 heteroatoms. The van der Waals surface area contributed by atoms with E-state index in [9.17, 15) is 5.11 Å². The standard InChI is InChI=1S/C12H19N3O/c16-8-10-3-1-2-4-12(10)14-7-11-5-6-13-9-15-11/h5-6,9-10,12,14,16H,1-4,7-8H2. The Morgan fingerprint density at radius 2 is 2.25 bits per heavy atom. The monoisotopic (exact) mass is 221 g/mol. The molecule has 88 valence electrons. The molecule has 1 aromatic heterocycles. The average Bonchev–Trinajstić information content (AvgIpc) is 2.38. The summed E-state index contributed by atoms with van der Waals surface area (Å²) >= 11 is 0. The summed E-state index contributed by atoms with van der Waals surface area (Å²) in [6.07, 6.45) is 8.14. The topological polar surface area (TPSA) is 58.0 Å². The third-order valence-corrected chi connectivity index (χ3v) is 3.33. The Bertz CT molecular complexity index is 304. The molecule has 0 saturated heterocycles. The van der Waals surface area contributed by atoms with Crippen LogP contribution in [0.3, 0.4) is 0 Å². The van der Waals surface area contributed by atoms with Crippen LogP contribution in [0, 0.1) is 5.92 Å². The number of nitrogens with zero attached hydrogens (tertiary/aromatic N) is 2. The van der Waals surface area contributed by atoms with Gasteiger partial charge in [-0.25, -0.2) is 9.97 Å². The maximum absolute atomic E-state index is 9.29. The van der Waals surface area contributed by atoms with Crippen molar-refractivity contribution < 1.29 is 5.11 Å². The molecule has 1 heterocycles. The molecule has 0 amide bonds. The summed E-state index contributed by atoms with van der Waals surface area (Å²) in [5, 5.41) is 12.8. The molecule has 4 nitrogen and oxygen atoms in total. The van der Waals surface area contributed by atoms with Crippen LogP contribution in [-0.4, -0.2) is 27.7 Å². The molecule has 2 atom stereocenters. The van der Waals surface area contributed by atoms with Crippen LogP contribution in [0.2, 0.25) is 0 Å². The first kappa shape index (κ1) is 11.5. The van der Waals surface area contributed by atoms with E-state index in [0.29, 0.717) is 18.6 Å². The molecule has 1 aliphatic rings. The van der Waals surface area contributed by atoms with Crippen molar-refractivity contribution in [2.24, 2.45) is 5.92 Å². The van der Waals surface area contributed by atoms with Gasteiger partial charge < -0.3 is 10.4 Å². The minimum absolute atomic E-state index is 0.293. The second-order valence-corrected chi connectivity index (χ2v) is 4.42. The summed E-state index contributed by atoms with van der Waals surface area (Å²) < 4.78 is 0. The Labute approximate surface area is 96.1 Å². The third kappa shape index (κ3) is 3.00. The van der Waals surface area contributed by atoms with Crippen molar-refractivity contribution in [3.05, 3.63) is 24.3 Å². The van der Waals surface area contributed by atoms with Crippen LogP contribution in [0.4, 0.5) is 0 Å². The molecule has 2 rings (SSSR count). The van der Waals surface area contributed by atoms with Gasteiger partial charge in [0, 0.05) is 25.4 Å². The van der Waals surface area contributed by atoms with E-state index in [4.69, 9.17) is 0 Å². The van der Waals surface area contributed by atoms with Gasteiger partial charge in [-0.2, -0.15) is 0 Å². The number of rotatable bonds is 4. The van der Waals surface area contributed by atoms with Gasteiger partial charge >= 0.3 is 0 Å². The number of hydrogen-bond acceptors (Lipinski definition) is 4. The lowest BCUT2D eigenvalue weighted by Gasteiger charge is -2.30. The Balaban J connectivity index is 1.84. The van der Waals surface area contributed by atoms with E-state index in [-0.39, 0.29) is 0 Å². The molecule has 0 spiro atoms. The Kier molecular flexibility index (Phi) is 4.25. The summed E-state index contributed by atoms with van der Waals surface area (Å²) in [4.78, 5) is 8.07. The Hall–Kier alpha value is -1.00. The molecule has 0 radical (unpaired) electrons. The highest BCUT2D eigenvalue weighted by Gasteiger charge is 2.23. The predicted octanol–water partition coefficient (Wildman–Crippen LogP) is 1.12. The highest BCUT2D eigenvalue weighted by Crippen LogP contribution is 2.24. The maximum atomic E-state index is 9.29. The van der Waals surface area contributed by atoms with Gasteiger partial charge in [-0.3, -0.25) is 0 Å². The lowest BCUT2D eigenvalue weighted by Crippen LogP contribution is -2.39. The first-order valence-electron chi connectivity index (χ1n) is 5.99. The minimum Gasteiger partial charge on any atom is -0.396 e. The summed E-state index contributed by atoms with van der Waals surface area (Å²) in [6, 6.07) is 2.36. The van der Waals surface area contributed by atoms with E-state index < -0.39 is 0 Å². The predicted molar refractivity (Wildman–Crippen MR) is 61.7 cm³/mol. The fourth-order valence-electron chi connectivity index (χ4n) is 2.35. The fraction of sp³-hybridized carbons (Fsp3) is 0.667. The molecular formula is C12H19N3O. The number of nitrogens with one attached hydrogen (secondary N) is 1. The zero-order valence-electron chi connectivity index (χ0n) is 9.47. The van der Waals surface area contributed by atoms with Gasteiger partial charge in [0.25, 0.3) is 0 Å². The maximum Gasteiger partial charge on any atom is 0.115 e. The minimum atomic E-state index is 0.293. The molecule has 0 aromatic carbocycles.